The Morgan fingerprint density at radius 1 is 1.20 bits per heavy atom. The number of rotatable bonds is 3. The Morgan fingerprint density at radius 3 is 2.55 bits per heavy atom. The van der Waals surface area contributed by atoms with Crippen molar-refractivity contribution in [3.63, 3.8) is 0 Å². The van der Waals surface area contributed by atoms with Crippen molar-refractivity contribution in [2.45, 2.75) is 13.0 Å². The van der Waals surface area contributed by atoms with Crippen molar-refractivity contribution in [1.82, 2.24) is 0 Å². The highest BCUT2D eigenvalue weighted by molar-refractivity contribution is 9.11. The Bertz CT molecular complexity index is 680. The van der Waals surface area contributed by atoms with Gasteiger partial charge >= 0.3 is 0 Å². The van der Waals surface area contributed by atoms with Crippen molar-refractivity contribution >= 4 is 37.5 Å². The second-order valence-electron chi connectivity index (χ2n) is 4.34. The summed E-state index contributed by atoms with van der Waals surface area (Å²) in [5, 5.41) is 11.8. The van der Waals surface area contributed by atoms with Crippen LogP contribution in [-0.2, 0) is 0 Å². The molecule has 1 unspecified atom stereocenters. The van der Waals surface area contributed by atoms with Crippen LogP contribution < -0.4 is 5.32 Å². The van der Waals surface area contributed by atoms with E-state index >= 15 is 0 Å². The van der Waals surface area contributed by atoms with E-state index in [0.29, 0.717) is 11.3 Å². The quantitative estimate of drug-likeness (QED) is 0.752. The lowest BCUT2D eigenvalue weighted by Gasteiger charge is -2.18. The van der Waals surface area contributed by atoms with Gasteiger partial charge in [-0.3, -0.25) is 0 Å². The molecule has 20 heavy (non-hydrogen) atoms. The second kappa shape index (κ2) is 6.38. The molecule has 5 heteroatoms. The van der Waals surface area contributed by atoms with Crippen LogP contribution >= 0.6 is 31.9 Å². The maximum Gasteiger partial charge on any atom is 0.147 e. The van der Waals surface area contributed by atoms with E-state index in [-0.39, 0.29) is 6.04 Å². The fourth-order valence-electron chi connectivity index (χ4n) is 1.87. The summed E-state index contributed by atoms with van der Waals surface area (Å²) in [4.78, 5) is 0. The third-order valence-electron chi connectivity index (χ3n) is 2.90. The van der Waals surface area contributed by atoms with Gasteiger partial charge in [-0.1, -0.05) is 37.9 Å². The Balaban J connectivity index is 2.23. The number of nitrogens with zero attached hydrogens (tertiary/aromatic N) is 1. The topological polar surface area (TPSA) is 35.8 Å². The SMILES string of the molecule is CC(Nc1ccc(C#N)cc1F)c1ccc(Br)cc1Br. The molecular weight excluding hydrogens is 387 g/mol. The number of benzene rings is 2. The molecule has 0 spiro atoms. The largest absolute Gasteiger partial charge is 0.376 e. The molecule has 2 rings (SSSR count). The Labute approximate surface area is 133 Å². The molecule has 2 nitrogen and oxygen atoms in total. The number of nitrogens with one attached hydrogen (secondary N) is 1. The molecule has 2 aromatic carbocycles. The van der Waals surface area contributed by atoms with Crippen molar-refractivity contribution in [2.24, 2.45) is 0 Å². The zero-order valence-electron chi connectivity index (χ0n) is 10.6. The lowest BCUT2D eigenvalue weighted by Crippen LogP contribution is -2.08. The monoisotopic (exact) mass is 396 g/mol. The van der Waals surface area contributed by atoms with Gasteiger partial charge in [0.05, 0.1) is 17.3 Å². The molecule has 1 atom stereocenters. The van der Waals surface area contributed by atoms with E-state index in [4.69, 9.17) is 5.26 Å². The van der Waals surface area contributed by atoms with Crippen LogP contribution in [0.1, 0.15) is 24.1 Å². The maximum absolute atomic E-state index is 13.8. The van der Waals surface area contributed by atoms with Crippen LogP contribution in [-0.4, -0.2) is 0 Å². The zero-order valence-corrected chi connectivity index (χ0v) is 13.8. The Hall–Kier alpha value is -1.38. The van der Waals surface area contributed by atoms with Crippen LogP contribution in [0.3, 0.4) is 0 Å². The molecule has 1 N–H and O–H groups in total. The molecule has 0 saturated heterocycles. The minimum absolute atomic E-state index is 0.0695. The number of hydrogen-bond donors (Lipinski definition) is 1. The van der Waals surface area contributed by atoms with E-state index in [1.165, 1.54) is 6.07 Å². The van der Waals surface area contributed by atoms with Crippen LogP contribution in [0.25, 0.3) is 0 Å². The van der Waals surface area contributed by atoms with Crippen molar-refractivity contribution in [1.29, 1.82) is 5.26 Å². The summed E-state index contributed by atoms with van der Waals surface area (Å²) in [6.45, 7) is 1.95. The molecule has 0 aliphatic rings. The van der Waals surface area contributed by atoms with Crippen LogP contribution in [0.15, 0.2) is 45.3 Å². The fraction of sp³-hybridized carbons (Fsp3) is 0.133. The van der Waals surface area contributed by atoms with Gasteiger partial charge in [0.1, 0.15) is 5.82 Å². The molecule has 0 aliphatic carbocycles. The third-order valence-corrected chi connectivity index (χ3v) is 4.08. The van der Waals surface area contributed by atoms with Gasteiger partial charge in [0.15, 0.2) is 0 Å². The number of hydrogen-bond acceptors (Lipinski definition) is 2. The molecule has 0 aliphatic heterocycles. The average molecular weight is 398 g/mol. The highest BCUT2D eigenvalue weighted by atomic mass is 79.9. The number of halogens is 3. The van der Waals surface area contributed by atoms with Crippen molar-refractivity contribution in [3.05, 3.63) is 62.3 Å². The van der Waals surface area contributed by atoms with Gasteiger partial charge < -0.3 is 5.32 Å². The molecule has 102 valence electrons. The van der Waals surface area contributed by atoms with Gasteiger partial charge in [-0.25, -0.2) is 4.39 Å². The molecular formula is C15H11Br2FN2. The van der Waals surface area contributed by atoms with E-state index in [0.717, 1.165) is 14.5 Å². The lowest BCUT2D eigenvalue weighted by molar-refractivity contribution is 0.627. The number of nitriles is 1. The van der Waals surface area contributed by atoms with Crippen LogP contribution in [0.5, 0.6) is 0 Å². The smallest absolute Gasteiger partial charge is 0.147 e. The van der Waals surface area contributed by atoms with Crippen molar-refractivity contribution in [3.8, 4) is 6.07 Å². The molecule has 0 radical (unpaired) electrons. The number of anilines is 1. The van der Waals surface area contributed by atoms with E-state index in [9.17, 15) is 4.39 Å². The minimum Gasteiger partial charge on any atom is -0.376 e. The summed E-state index contributed by atoms with van der Waals surface area (Å²) in [6.07, 6.45) is 0. The summed E-state index contributed by atoms with van der Waals surface area (Å²) < 4.78 is 15.8. The molecule has 0 heterocycles. The van der Waals surface area contributed by atoms with Gasteiger partial charge in [0, 0.05) is 15.0 Å². The van der Waals surface area contributed by atoms with Gasteiger partial charge in [0.2, 0.25) is 0 Å². The maximum atomic E-state index is 13.8. The predicted molar refractivity (Wildman–Crippen MR) is 85.0 cm³/mol. The molecule has 2 aromatic rings. The summed E-state index contributed by atoms with van der Waals surface area (Å²) in [5.41, 5.74) is 1.72. The Kier molecular flexibility index (Phi) is 4.79. The standard InChI is InChI=1S/C15H11Br2FN2/c1-9(12-4-3-11(16)7-13(12)17)20-15-5-2-10(8-19)6-14(15)18/h2-7,9,20H,1H3. The van der Waals surface area contributed by atoms with Crippen LogP contribution in [0.2, 0.25) is 0 Å². The first-order valence-electron chi connectivity index (χ1n) is 5.92. The van der Waals surface area contributed by atoms with E-state index < -0.39 is 5.82 Å². The van der Waals surface area contributed by atoms with Crippen molar-refractivity contribution < 1.29 is 4.39 Å². The molecule has 0 saturated carbocycles. The van der Waals surface area contributed by atoms with E-state index in [2.05, 4.69) is 37.2 Å². The summed E-state index contributed by atoms with van der Waals surface area (Å²) in [6, 6.07) is 12.1. The first kappa shape index (κ1) is 15.0. The molecule has 0 amide bonds. The first-order chi connectivity index (χ1) is 9.51. The minimum atomic E-state index is -0.427. The molecule has 0 bridgehead atoms. The second-order valence-corrected chi connectivity index (χ2v) is 6.11. The van der Waals surface area contributed by atoms with Crippen molar-refractivity contribution in [2.75, 3.05) is 5.32 Å². The van der Waals surface area contributed by atoms with E-state index in [1.54, 1.807) is 12.1 Å². The van der Waals surface area contributed by atoms with E-state index in [1.807, 2.05) is 31.2 Å². The first-order valence-corrected chi connectivity index (χ1v) is 7.51. The highest BCUT2D eigenvalue weighted by Gasteiger charge is 2.12. The van der Waals surface area contributed by atoms with Gasteiger partial charge in [-0.15, -0.1) is 0 Å². The lowest BCUT2D eigenvalue weighted by atomic mass is 10.1. The molecule has 0 fully saturated rings. The average Bonchev–Trinajstić information content (AvgIpc) is 2.40. The van der Waals surface area contributed by atoms with Gasteiger partial charge in [0.25, 0.3) is 0 Å². The van der Waals surface area contributed by atoms with Gasteiger partial charge in [-0.05, 0) is 42.8 Å². The summed E-state index contributed by atoms with van der Waals surface area (Å²) >= 11 is 6.89. The summed E-state index contributed by atoms with van der Waals surface area (Å²) in [7, 11) is 0. The predicted octanol–water partition coefficient (Wildman–Crippen LogP) is 5.40. The third kappa shape index (κ3) is 3.38. The zero-order chi connectivity index (χ0) is 14.7. The highest BCUT2D eigenvalue weighted by Crippen LogP contribution is 2.29. The molecule has 0 aromatic heterocycles. The fourth-order valence-corrected chi connectivity index (χ4v) is 3.26. The van der Waals surface area contributed by atoms with Crippen LogP contribution in [0.4, 0.5) is 10.1 Å². The normalized spacial score (nSPS) is 11.8. The van der Waals surface area contributed by atoms with Gasteiger partial charge in [-0.2, -0.15) is 5.26 Å². The summed E-state index contributed by atoms with van der Waals surface area (Å²) in [5.74, 6) is -0.427. The Morgan fingerprint density at radius 2 is 1.95 bits per heavy atom. The van der Waals surface area contributed by atoms with Crippen LogP contribution in [0, 0.1) is 17.1 Å².